The van der Waals surface area contributed by atoms with Gasteiger partial charge in [0.05, 0.1) is 32.2 Å². The van der Waals surface area contributed by atoms with Gasteiger partial charge in [0.15, 0.2) is 11.5 Å². The van der Waals surface area contributed by atoms with E-state index in [9.17, 15) is 5.11 Å². The van der Waals surface area contributed by atoms with Crippen LogP contribution in [0.4, 0.5) is 23.5 Å². The molecule has 0 atom stereocenters. The van der Waals surface area contributed by atoms with Crippen LogP contribution in [0, 0.1) is 6.92 Å². The fraction of sp³-hybridized carbons (Fsp3) is 0.273. The molecule has 3 N–H and O–H groups in total. The summed E-state index contributed by atoms with van der Waals surface area (Å²) in [4.78, 5) is 15.6. The van der Waals surface area contributed by atoms with Gasteiger partial charge in [0.25, 0.3) is 0 Å². The number of phenolic OH excluding ortho intramolecular Hbond substituents is 1. The first kappa shape index (κ1) is 24.2. The topological polar surface area (TPSA) is 117 Å². The standard InChI is InChI=1S/C22H23Br2N7O3/c1-13-3-4-17(16(24)9-13)26-20-27-21(29-22(28-20)31-5-7-34-8-6-31)30-25-12-14-10-15(23)11-18(33-2)19(14)32/h3-4,9-12,32H,5-8H2,1-2H3,(H2,26,27,28,29,30). The summed E-state index contributed by atoms with van der Waals surface area (Å²) < 4.78 is 12.3. The van der Waals surface area contributed by atoms with E-state index in [1.165, 1.54) is 13.3 Å². The number of morpholine rings is 1. The number of hydrogen-bond acceptors (Lipinski definition) is 10. The second-order valence-corrected chi connectivity index (χ2v) is 9.18. The highest BCUT2D eigenvalue weighted by Gasteiger charge is 2.17. The number of aromatic hydroxyl groups is 1. The number of ether oxygens (including phenoxy) is 2. The molecule has 0 amide bonds. The third kappa shape index (κ3) is 5.93. The molecule has 1 aliphatic heterocycles. The fourth-order valence-electron chi connectivity index (χ4n) is 3.23. The Morgan fingerprint density at radius 1 is 1.12 bits per heavy atom. The molecule has 0 unspecified atom stereocenters. The minimum atomic E-state index is -0.0209. The first-order chi connectivity index (χ1) is 16.4. The number of nitrogens with one attached hydrogen (secondary N) is 2. The van der Waals surface area contributed by atoms with Crippen molar-refractivity contribution >= 4 is 61.6 Å². The predicted molar refractivity (Wildman–Crippen MR) is 139 cm³/mol. The van der Waals surface area contributed by atoms with Gasteiger partial charge >= 0.3 is 0 Å². The molecule has 0 aliphatic carbocycles. The van der Waals surface area contributed by atoms with Crippen molar-refractivity contribution in [1.29, 1.82) is 0 Å². The van der Waals surface area contributed by atoms with E-state index in [4.69, 9.17) is 9.47 Å². The van der Waals surface area contributed by atoms with Crippen molar-refractivity contribution in [3.63, 3.8) is 0 Å². The number of methoxy groups -OCH3 is 1. The van der Waals surface area contributed by atoms with Gasteiger partial charge in [0, 0.05) is 27.6 Å². The second-order valence-electron chi connectivity index (χ2n) is 7.41. The monoisotopic (exact) mass is 591 g/mol. The highest BCUT2D eigenvalue weighted by molar-refractivity contribution is 9.10. The summed E-state index contributed by atoms with van der Waals surface area (Å²) >= 11 is 6.97. The van der Waals surface area contributed by atoms with E-state index in [1.807, 2.05) is 30.0 Å². The Morgan fingerprint density at radius 2 is 1.88 bits per heavy atom. The molecule has 0 spiro atoms. The summed E-state index contributed by atoms with van der Waals surface area (Å²) in [6, 6.07) is 9.35. The maximum absolute atomic E-state index is 10.3. The van der Waals surface area contributed by atoms with Crippen molar-refractivity contribution in [2.75, 3.05) is 49.1 Å². The molecule has 1 saturated heterocycles. The van der Waals surface area contributed by atoms with E-state index in [0.717, 1.165) is 20.2 Å². The van der Waals surface area contributed by atoms with Gasteiger partial charge in [-0.2, -0.15) is 20.1 Å². The zero-order valence-corrected chi connectivity index (χ0v) is 21.7. The lowest BCUT2D eigenvalue weighted by molar-refractivity contribution is 0.122. The summed E-state index contributed by atoms with van der Waals surface area (Å²) in [6.45, 7) is 4.57. The van der Waals surface area contributed by atoms with E-state index in [0.29, 0.717) is 49.5 Å². The molecule has 0 bridgehead atoms. The third-order valence-electron chi connectivity index (χ3n) is 4.95. The lowest BCUT2D eigenvalue weighted by Gasteiger charge is -2.27. The van der Waals surface area contributed by atoms with Crippen molar-refractivity contribution in [3.8, 4) is 11.5 Å². The number of hydrazone groups is 1. The van der Waals surface area contributed by atoms with E-state index >= 15 is 0 Å². The van der Waals surface area contributed by atoms with Gasteiger partial charge in [0.1, 0.15) is 0 Å². The number of anilines is 4. The molecule has 0 radical (unpaired) electrons. The molecule has 1 aliphatic rings. The number of aromatic nitrogens is 3. The zero-order valence-electron chi connectivity index (χ0n) is 18.5. The van der Waals surface area contributed by atoms with Gasteiger partial charge in [-0.15, -0.1) is 0 Å². The molecule has 10 nitrogen and oxygen atoms in total. The average Bonchev–Trinajstić information content (AvgIpc) is 2.83. The van der Waals surface area contributed by atoms with Crippen LogP contribution in [-0.2, 0) is 4.74 Å². The Bertz CT molecular complexity index is 1200. The van der Waals surface area contributed by atoms with Gasteiger partial charge in [0.2, 0.25) is 17.8 Å². The number of rotatable bonds is 7. The Balaban J connectivity index is 1.61. The van der Waals surface area contributed by atoms with Crippen LogP contribution in [0.25, 0.3) is 0 Å². The Morgan fingerprint density at radius 3 is 2.62 bits per heavy atom. The van der Waals surface area contributed by atoms with Crippen molar-refractivity contribution in [1.82, 2.24) is 15.0 Å². The summed E-state index contributed by atoms with van der Waals surface area (Å²) in [5.74, 6) is 1.44. The van der Waals surface area contributed by atoms with E-state index in [1.54, 1.807) is 12.1 Å². The molecule has 178 valence electrons. The molecular weight excluding hydrogens is 570 g/mol. The number of phenols is 1. The number of halogens is 2. The molecule has 1 aromatic heterocycles. The molecule has 3 aromatic rings. The quantitative estimate of drug-likeness (QED) is 0.270. The number of aryl methyl sites for hydroxylation is 1. The Hall–Kier alpha value is -2.96. The molecule has 2 aromatic carbocycles. The summed E-state index contributed by atoms with van der Waals surface area (Å²) in [6.07, 6.45) is 1.46. The van der Waals surface area contributed by atoms with Crippen molar-refractivity contribution in [3.05, 3.63) is 50.4 Å². The summed E-state index contributed by atoms with van der Waals surface area (Å²) in [5, 5.41) is 17.8. The molecule has 4 rings (SSSR count). The van der Waals surface area contributed by atoms with Gasteiger partial charge in [-0.25, -0.2) is 5.43 Å². The average molecular weight is 593 g/mol. The number of hydrogen-bond donors (Lipinski definition) is 3. The van der Waals surface area contributed by atoms with Crippen molar-refractivity contribution in [2.24, 2.45) is 5.10 Å². The van der Waals surface area contributed by atoms with Gasteiger partial charge in [-0.1, -0.05) is 22.0 Å². The highest BCUT2D eigenvalue weighted by atomic mass is 79.9. The zero-order chi connectivity index (χ0) is 24.1. The maximum atomic E-state index is 10.3. The molecular formula is C22H23Br2N7O3. The highest BCUT2D eigenvalue weighted by Crippen LogP contribution is 2.32. The van der Waals surface area contributed by atoms with Crippen LogP contribution in [0.5, 0.6) is 11.5 Å². The van der Waals surface area contributed by atoms with Crippen LogP contribution in [-0.4, -0.2) is 59.7 Å². The normalized spacial score (nSPS) is 13.8. The minimum absolute atomic E-state index is 0.0209. The maximum Gasteiger partial charge on any atom is 0.250 e. The van der Waals surface area contributed by atoms with Crippen LogP contribution in [0.2, 0.25) is 0 Å². The molecule has 1 fully saturated rings. The second kappa shape index (κ2) is 11.0. The smallest absolute Gasteiger partial charge is 0.250 e. The van der Waals surface area contributed by atoms with Crippen LogP contribution >= 0.6 is 31.9 Å². The SMILES string of the molecule is COc1cc(Br)cc(C=NNc2nc(Nc3ccc(C)cc3Br)nc(N3CCOCC3)n2)c1O. The van der Waals surface area contributed by atoms with Crippen LogP contribution in [0.1, 0.15) is 11.1 Å². The predicted octanol–water partition coefficient (Wildman–Crippen LogP) is 4.45. The molecule has 2 heterocycles. The lowest BCUT2D eigenvalue weighted by Crippen LogP contribution is -2.37. The lowest BCUT2D eigenvalue weighted by atomic mass is 10.2. The van der Waals surface area contributed by atoms with E-state index in [-0.39, 0.29) is 11.7 Å². The first-order valence-corrected chi connectivity index (χ1v) is 12.0. The van der Waals surface area contributed by atoms with Gasteiger partial charge in [-0.3, -0.25) is 0 Å². The minimum Gasteiger partial charge on any atom is -0.504 e. The van der Waals surface area contributed by atoms with Gasteiger partial charge < -0.3 is 24.8 Å². The van der Waals surface area contributed by atoms with Crippen LogP contribution in [0.15, 0.2) is 44.4 Å². The molecule has 34 heavy (non-hydrogen) atoms. The molecule has 0 saturated carbocycles. The molecule has 12 heteroatoms. The van der Waals surface area contributed by atoms with Gasteiger partial charge in [-0.05, 0) is 52.7 Å². The summed E-state index contributed by atoms with van der Waals surface area (Å²) in [5.41, 5.74) is 5.25. The first-order valence-electron chi connectivity index (χ1n) is 10.4. The fourth-order valence-corrected chi connectivity index (χ4v) is 4.27. The number of nitrogens with zero attached hydrogens (tertiary/aromatic N) is 5. The largest absolute Gasteiger partial charge is 0.504 e. The third-order valence-corrected chi connectivity index (χ3v) is 6.06. The summed E-state index contributed by atoms with van der Waals surface area (Å²) in [7, 11) is 1.49. The van der Waals surface area contributed by atoms with E-state index < -0.39 is 0 Å². The Kier molecular flexibility index (Phi) is 7.80. The van der Waals surface area contributed by atoms with Crippen LogP contribution in [0.3, 0.4) is 0 Å². The Labute approximate surface area is 213 Å². The van der Waals surface area contributed by atoms with E-state index in [2.05, 4.69) is 62.7 Å². The van der Waals surface area contributed by atoms with Crippen molar-refractivity contribution in [2.45, 2.75) is 6.92 Å². The number of benzene rings is 2. The van der Waals surface area contributed by atoms with Crippen LogP contribution < -0.4 is 20.4 Å². The van der Waals surface area contributed by atoms with Crippen molar-refractivity contribution < 1.29 is 14.6 Å².